The van der Waals surface area contributed by atoms with Crippen molar-refractivity contribution >= 4 is 5.78 Å². The Morgan fingerprint density at radius 1 is 1.36 bits per heavy atom. The SMILES string of the molecule is CC1=CC2(C(C)C)CCC(C)(C2)C1=O. The molecule has 2 aliphatic carbocycles. The summed E-state index contributed by atoms with van der Waals surface area (Å²) in [7, 11) is 0. The number of Topliss-reactive ketones (excluding diaryl/α,β-unsaturated/α-hetero) is 1. The van der Waals surface area contributed by atoms with E-state index in [1.165, 1.54) is 6.42 Å². The molecule has 0 aromatic rings. The van der Waals surface area contributed by atoms with Gasteiger partial charge in [0.05, 0.1) is 0 Å². The lowest BCUT2D eigenvalue weighted by Crippen LogP contribution is -2.34. The van der Waals surface area contributed by atoms with Gasteiger partial charge in [-0.15, -0.1) is 0 Å². The summed E-state index contributed by atoms with van der Waals surface area (Å²) in [5, 5.41) is 0. The Kier molecular flexibility index (Phi) is 1.93. The van der Waals surface area contributed by atoms with Gasteiger partial charge in [-0.05, 0) is 43.1 Å². The summed E-state index contributed by atoms with van der Waals surface area (Å²) in [6, 6.07) is 0. The first-order valence-corrected chi connectivity index (χ1v) is 5.64. The Morgan fingerprint density at radius 3 is 2.57 bits per heavy atom. The van der Waals surface area contributed by atoms with Crippen LogP contribution in [0.5, 0.6) is 0 Å². The summed E-state index contributed by atoms with van der Waals surface area (Å²) in [6.07, 6.45) is 5.62. The zero-order chi connectivity index (χ0) is 10.6. The Hall–Kier alpha value is -0.590. The molecule has 0 aliphatic heterocycles. The van der Waals surface area contributed by atoms with Gasteiger partial charge in [-0.3, -0.25) is 4.79 Å². The summed E-state index contributed by atoms with van der Waals surface area (Å²) >= 11 is 0. The zero-order valence-corrected chi connectivity index (χ0v) is 9.68. The van der Waals surface area contributed by atoms with Crippen LogP contribution in [0.1, 0.15) is 47.0 Å². The molecule has 0 heterocycles. The average Bonchev–Trinajstić information content (AvgIpc) is 2.40. The van der Waals surface area contributed by atoms with Gasteiger partial charge >= 0.3 is 0 Å². The summed E-state index contributed by atoms with van der Waals surface area (Å²) < 4.78 is 0. The molecule has 0 aromatic carbocycles. The molecule has 1 nitrogen and oxygen atoms in total. The van der Waals surface area contributed by atoms with E-state index in [1.54, 1.807) is 0 Å². The Bertz CT molecular complexity index is 313. The molecule has 0 spiro atoms. The fraction of sp³-hybridized carbons (Fsp3) is 0.769. The summed E-state index contributed by atoms with van der Waals surface area (Å²) in [5.74, 6) is 1.05. The van der Waals surface area contributed by atoms with Gasteiger partial charge in [0.15, 0.2) is 5.78 Å². The van der Waals surface area contributed by atoms with E-state index in [-0.39, 0.29) is 5.41 Å². The standard InChI is InChI=1S/C13H20O/c1-9(2)13-6-5-12(4,8-13)11(14)10(3)7-13/h7,9H,5-6,8H2,1-4H3. The monoisotopic (exact) mass is 192 g/mol. The third-order valence-corrected chi connectivity index (χ3v) is 4.42. The first kappa shape index (κ1) is 9.95. The normalized spacial score (nSPS) is 41.8. The molecule has 0 saturated heterocycles. The maximum Gasteiger partial charge on any atom is 0.164 e. The molecule has 2 atom stereocenters. The quantitative estimate of drug-likeness (QED) is 0.622. The van der Waals surface area contributed by atoms with Crippen LogP contribution in [0.3, 0.4) is 0 Å². The van der Waals surface area contributed by atoms with Gasteiger partial charge in [-0.1, -0.05) is 26.8 Å². The van der Waals surface area contributed by atoms with Gasteiger partial charge < -0.3 is 0 Å². The highest BCUT2D eigenvalue weighted by molar-refractivity contribution is 6.00. The fourth-order valence-corrected chi connectivity index (χ4v) is 3.36. The molecule has 2 aliphatic rings. The van der Waals surface area contributed by atoms with Gasteiger partial charge in [0.25, 0.3) is 0 Å². The summed E-state index contributed by atoms with van der Waals surface area (Å²) in [5.41, 5.74) is 1.29. The lowest BCUT2D eigenvalue weighted by molar-refractivity contribution is -0.124. The Labute approximate surface area is 86.6 Å². The third kappa shape index (κ3) is 1.11. The Balaban J connectivity index is 2.47. The molecule has 78 valence electrons. The lowest BCUT2D eigenvalue weighted by Gasteiger charge is -2.37. The van der Waals surface area contributed by atoms with E-state index in [4.69, 9.17) is 0 Å². The van der Waals surface area contributed by atoms with Crippen LogP contribution in [0.25, 0.3) is 0 Å². The molecular formula is C13H20O. The molecule has 0 radical (unpaired) electrons. The van der Waals surface area contributed by atoms with Crippen molar-refractivity contribution in [2.75, 3.05) is 0 Å². The maximum absolute atomic E-state index is 12.0. The minimum atomic E-state index is -0.0386. The van der Waals surface area contributed by atoms with E-state index >= 15 is 0 Å². The first-order chi connectivity index (χ1) is 6.40. The molecule has 1 heteroatoms. The van der Waals surface area contributed by atoms with Gasteiger partial charge in [0.1, 0.15) is 0 Å². The van der Waals surface area contributed by atoms with Crippen molar-refractivity contribution in [1.29, 1.82) is 0 Å². The predicted octanol–water partition coefficient (Wildman–Crippen LogP) is 3.35. The molecule has 1 saturated carbocycles. The fourth-order valence-electron chi connectivity index (χ4n) is 3.36. The molecule has 14 heavy (non-hydrogen) atoms. The van der Waals surface area contributed by atoms with Crippen molar-refractivity contribution in [2.24, 2.45) is 16.7 Å². The van der Waals surface area contributed by atoms with Gasteiger partial charge in [0.2, 0.25) is 0 Å². The number of hydrogen-bond acceptors (Lipinski definition) is 1. The number of rotatable bonds is 1. The molecule has 0 amide bonds. The van der Waals surface area contributed by atoms with Crippen LogP contribution in [0.15, 0.2) is 11.6 Å². The highest BCUT2D eigenvalue weighted by atomic mass is 16.1. The van der Waals surface area contributed by atoms with Crippen LogP contribution in [-0.4, -0.2) is 5.78 Å². The highest BCUT2D eigenvalue weighted by Gasteiger charge is 2.53. The smallest absolute Gasteiger partial charge is 0.164 e. The summed E-state index contributed by atoms with van der Waals surface area (Å²) in [6.45, 7) is 8.70. The summed E-state index contributed by atoms with van der Waals surface area (Å²) in [4.78, 5) is 12.0. The van der Waals surface area contributed by atoms with E-state index in [9.17, 15) is 4.79 Å². The van der Waals surface area contributed by atoms with Crippen LogP contribution in [0.4, 0.5) is 0 Å². The number of carbonyl (C=O) groups excluding carboxylic acids is 1. The average molecular weight is 192 g/mol. The largest absolute Gasteiger partial charge is 0.294 e. The molecule has 1 fully saturated rings. The lowest BCUT2D eigenvalue weighted by atomic mass is 9.66. The maximum atomic E-state index is 12.0. The van der Waals surface area contributed by atoms with Crippen LogP contribution in [0.2, 0.25) is 0 Å². The number of ketones is 1. The number of fused-ring (bicyclic) bond motifs is 2. The van der Waals surface area contributed by atoms with Crippen LogP contribution in [0, 0.1) is 16.7 Å². The highest BCUT2D eigenvalue weighted by Crippen LogP contribution is 2.58. The zero-order valence-electron chi connectivity index (χ0n) is 9.68. The van der Waals surface area contributed by atoms with E-state index in [0.29, 0.717) is 17.1 Å². The van der Waals surface area contributed by atoms with Crippen molar-refractivity contribution in [3.05, 3.63) is 11.6 Å². The number of allylic oxidation sites excluding steroid dienone is 2. The van der Waals surface area contributed by atoms with Gasteiger partial charge in [-0.25, -0.2) is 0 Å². The first-order valence-electron chi connectivity index (χ1n) is 5.64. The van der Waals surface area contributed by atoms with Crippen molar-refractivity contribution < 1.29 is 4.79 Å². The van der Waals surface area contributed by atoms with Crippen LogP contribution < -0.4 is 0 Å². The van der Waals surface area contributed by atoms with Crippen molar-refractivity contribution in [3.63, 3.8) is 0 Å². The number of carbonyl (C=O) groups is 1. The molecule has 2 rings (SSSR count). The molecule has 0 aromatic heterocycles. The van der Waals surface area contributed by atoms with Crippen molar-refractivity contribution in [1.82, 2.24) is 0 Å². The van der Waals surface area contributed by atoms with E-state index in [2.05, 4.69) is 26.8 Å². The van der Waals surface area contributed by atoms with E-state index < -0.39 is 0 Å². The van der Waals surface area contributed by atoms with Crippen molar-refractivity contribution in [3.8, 4) is 0 Å². The van der Waals surface area contributed by atoms with E-state index in [0.717, 1.165) is 18.4 Å². The van der Waals surface area contributed by atoms with Crippen LogP contribution in [-0.2, 0) is 4.79 Å². The van der Waals surface area contributed by atoms with Gasteiger partial charge in [0, 0.05) is 5.41 Å². The Morgan fingerprint density at radius 2 is 2.00 bits per heavy atom. The minimum absolute atomic E-state index is 0.0386. The molecule has 2 bridgehead atoms. The number of hydrogen-bond donors (Lipinski definition) is 0. The van der Waals surface area contributed by atoms with Gasteiger partial charge in [-0.2, -0.15) is 0 Å². The van der Waals surface area contributed by atoms with E-state index in [1.807, 2.05) is 6.92 Å². The molecule has 2 unspecified atom stereocenters. The second-order valence-corrected chi connectivity index (χ2v) is 5.78. The minimum Gasteiger partial charge on any atom is -0.294 e. The molecule has 0 N–H and O–H groups in total. The molecular weight excluding hydrogens is 172 g/mol. The predicted molar refractivity (Wildman–Crippen MR) is 58.0 cm³/mol. The second kappa shape index (κ2) is 2.71. The second-order valence-electron chi connectivity index (χ2n) is 5.78. The van der Waals surface area contributed by atoms with Crippen molar-refractivity contribution in [2.45, 2.75) is 47.0 Å². The topological polar surface area (TPSA) is 17.1 Å². The van der Waals surface area contributed by atoms with Crippen LogP contribution >= 0.6 is 0 Å². The third-order valence-electron chi connectivity index (χ3n) is 4.42.